The minimum Gasteiger partial charge on any atom is -0.388 e. The third-order valence-corrected chi connectivity index (χ3v) is 3.81. The lowest BCUT2D eigenvalue weighted by molar-refractivity contribution is 0.164. The molecule has 0 bridgehead atoms. The van der Waals surface area contributed by atoms with E-state index < -0.39 is 6.10 Å². The first-order valence-electron chi connectivity index (χ1n) is 6.76. The molecule has 1 heterocycles. The molecule has 4 nitrogen and oxygen atoms in total. The second kappa shape index (κ2) is 5.76. The summed E-state index contributed by atoms with van der Waals surface area (Å²) in [4.78, 5) is 14.1. The van der Waals surface area contributed by atoms with Gasteiger partial charge in [-0.2, -0.15) is 0 Å². The van der Waals surface area contributed by atoms with Gasteiger partial charge in [-0.25, -0.2) is 4.79 Å². The van der Waals surface area contributed by atoms with Gasteiger partial charge in [-0.3, -0.25) is 4.90 Å². The molecule has 1 atom stereocenters. The third-order valence-electron chi connectivity index (χ3n) is 3.55. The van der Waals surface area contributed by atoms with E-state index in [1.54, 1.807) is 29.2 Å². The van der Waals surface area contributed by atoms with E-state index in [4.69, 9.17) is 11.6 Å². The fourth-order valence-electron chi connectivity index (χ4n) is 2.48. The summed E-state index contributed by atoms with van der Waals surface area (Å²) in [5, 5.41) is 13.5. The molecule has 21 heavy (non-hydrogen) atoms. The van der Waals surface area contributed by atoms with Gasteiger partial charge < -0.3 is 10.4 Å². The van der Waals surface area contributed by atoms with Crippen LogP contribution in [-0.2, 0) is 0 Å². The van der Waals surface area contributed by atoms with Crippen molar-refractivity contribution in [1.29, 1.82) is 0 Å². The van der Waals surface area contributed by atoms with Crippen LogP contribution < -0.4 is 10.2 Å². The molecule has 0 saturated heterocycles. The van der Waals surface area contributed by atoms with E-state index in [0.717, 1.165) is 11.3 Å². The highest BCUT2D eigenvalue weighted by Crippen LogP contribution is 2.33. The van der Waals surface area contributed by atoms with Gasteiger partial charge in [-0.15, -0.1) is 0 Å². The third kappa shape index (κ3) is 2.86. The molecule has 0 saturated carbocycles. The molecule has 2 N–H and O–H groups in total. The number of carbonyl (C=O) groups is 1. The van der Waals surface area contributed by atoms with E-state index >= 15 is 0 Å². The van der Waals surface area contributed by atoms with E-state index in [0.29, 0.717) is 23.7 Å². The smallest absolute Gasteiger partial charge is 0.326 e. The Labute approximate surface area is 128 Å². The number of hydrogen-bond donors (Lipinski definition) is 2. The van der Waals surface area contributed by atoms with Crippen LogP contribution in [0.5, 0.6) is 0 Å². The number of fused-ring (bicyclic) bond motifs is 1. The van der Waals surface area contributed by atoms with E-state index in [1.165, 1.54) is 0 Å². The highest BCUT2D eigenvalue weighted by Gasteiger charge is 2.27. The largest absolute Gasteiger partial charge is 0.388 e. The Bertz CT molecular complexity index is 658. The zero-order chi connectivity index (χ0) is 14.8. The van der Waals surface area contributed by atoms with Crippen LogP contribution >= 0.6 is 11.6 Å². The lowest BCUT2D eigenvalue weighted by atomic mass is 9.99. The number of benzene rings is 2. The number of halogens is 1. The van der Waals surface area contributed by atoms with Gasteiger partial charge in [0.1, 0.15) is 0 Å². The summed E-state index contributed by atoms with van der Waals surface area (Å²) in [5.41, 5.74) is 2.23. The van der Waals surface area contributed by atoms with Crippen molar-refractivity contribution >= 4 is 29.0 Å². The molecule has 2 aromatic carbocycles. The van der Waals surface area contributed by atoms with Gasteiger partial charge in [0, 0.05) is 22.8 Å². The molecule has 0 radical (unpaired) electrons. The van der Waals surface area contributed by atoms with E-state index in [1.807, 2.05) is 24.3 Å². The normalized spacial score (nSPS) is 17.2. The Morgan fingerprint density at radius 3 is 2.67 bits per heavy atom. The fourth-order valence-corrected chi connectivity index (χ4v) is 2.60. The average Bonchev–Trinajstić information content (AvgIpc) is 2.50. The number of nitrogens with one attached hydrogen (secondary N) is 1. The van der Waals surface area contributed by atoms with Gasteiger partial charge in [-0.05, 0) is 36.8 Å². The van der Waals surface area contributed by atoms with Crippen LogP contribution in [0.3, 0.4) is 0 Å². The molecule has 2 amide bonds. The molecular formula is C16H15ClN2O2. The summed E-state index contributed by atoms with van der Waals surface area (Å²) in [5.74, 6) is 0. The van der Waals surface area contributed by atoms with Crippen molar-refractivity contribution in [2.75, 3.05) is 16.8 Å². The molecular weight excluding hydrogens is 288 g/mol. The Hall–Kier alpha value is -2.04. The molecule has 5 heteroatoms. The summed E-state index contributed by atoms with van der Waals surface area (Å²) < 4.78 is 0. The van der Waals surface area contributed by atoms with Crippen LogP contribution in [-0.4, -0.2) is 17.7 Å². The lowest BCUT2D eigenvalue weighted by Crippen LogP contribution is -2.39. The van der Waals surface area contributed by atoms with Gasteiger partial charge in [0.25, 0.3) is 0 Å². The van der Waals surface area contributed by atoms with Crippen molar-refractivity contribution in [3.8, 4) is 0 Å². The number of urea groups is 1. The Morgan fingerprint density at radius 2 is 1.90 bits per heavy atom. The number of nitrogens with zero attached hydrogens (tertiary/aromatic N) is 1. The van der Waals surface area contributed by atoms with E-state index in [2.05, 4.69) is 5.32 Å². The van der Waals surface area contributed by atoms with Crippen LogP contribution in [0, 0.1) is 0 Å². The maximum absolute atomic E-state index is 12.4. The van der Waals surface area contributed by atoms with Crippen molar-refractivity contribution in [3.05, 3.63) is 59.1 Å². The number of hydrogen-bond acceptors (Lipinski definition) is 2. The molecule has 1 aliphatic heterocycles. The fraction of sp³-hybridized carbons (Fsp3) is 0.188. The van der Waals surface area contributed by atoms with Crippen LogP contribution in [0.4, 0.5) is 16.2 Å². The first-order chi connectivity index (χ1) is 10.1. The van der Waals surface area contributed by atoms with Crippen molar-refractivity contribution in [2.24, 2.45) is 0 Å². The summed E-state index contributed by atoms with van der Waals surface area (Å²) in [6, 6.07) is 14.2. The van der Waals surface area contributed by atoms with Gasteiger partial charge in [0.05, 0.1) is 11.8 Å². The number of rotatable bonds is 1. The van der Waals surface area contributed by atoms with Crippen LogP contribution in [0.1, 0.15) is 18.1 Å². The predicted octanol–water partition coefficient (Wildman–Crippen LogP) is 3.82. The second-order valence-corrected chi connectivity index (χ2v) is 5.39. The molecule has 1 unspecified atom stereocenters. The lowest BCUT2D eigenvalue weighted by Gasteiger charge is -2.32. The topological polar surface area (TPSA) is 52.6 Å². The SMILES string of the molecule is O=C(Nc1ccc(Cl)cc1)N1CCC(O)c2ccccc21. The van der Waals surface area contributed by atoms with Crippen LogP contribution in [0.2, 0.25) is 5.02 Å². The summed E-state index contributed by atoms with van der Waals surface area (Å²) in [6.45, 7) is 0.484. The molecule has 0 aliphatic carbocycles. The molecule has 0 fully saturated rings. The zero-order valence-corrected chi connectivity index (χ0v) is 12.0. The quantitative estimate of drug-likeness (QED) is 0.841. The van der Waals surface area contributed by atoms with Crippen molar-refractivity contribution in [3.63, 3.8) is 0 Å². The minimum absolute atomic E-state index is 0.211. The van der Waals surface area contributed by atoms with Gasteiger partial charge in [0.15, 0.2) is 0 Å². The maximum atomic E-state index is 12.4. The Morgan fingerprint density at radius 1 is 1.19 bits per heavy atom. The standard InChI is InChI=1S/C16H15ClN2O2/c17-11-5-7-12(8-6-11)18-16(21)19-10-9-15(20)13-3-1-2-4-14(13)19/h1-8,15,20H,9-10H2,(H,18,21). The summed E-state index contributed by atoms with van der Waals surface area (Å²) >= 11 is 5.83. The number of carbonyl (C=O) groups excluding carboxylic acids is 1. The highest BCUT2D eigenvalue weighted by atomic mass is 35.5. The van der Waals surface area contributed by atoms with Gasteiger partial charge in [0.2, 0.25) is 0 Å². The van der Waals surface area contributed by atoms with E-state index in [9.17, 15) is 9.90 Å². The second-order valence-electron chi connectivity index (χ2n) is 4.95. The van der Waals surface area contributed by atoms with Crippen LogP contribution in [0.15, 0.2) is 48.5 Å². The molecule has 0 aromatic heterocycles. The van der Waals surface area contributed by atoms with Crippen molar-refractivity contribution in [1.82, 2.24) is 0 Å². The van der Waals surface area contributed by atoms with Gasteiger partial charge >= 0.3 is 6.03 Å². The number of aliphatic hydroxyl groups is 1. The summed E-state index contributed by atoms with van der Waals surface area (Å²) in [6.07, 6.45) is 0.0196. The predicted molar refractivity (Wildman–Crippen MR) is 83.8 cm³/mol. The van der Waals surface area contributed by atoms with Crippen molar-refractivity contribution in [2.45, 2.75) is 12.5 Å². The molecule has 2 aromatic rings. The summed E-state index contributed by atoms with van der Waals surface area (Å²) in [7, 11) is 0. The number of anilines is 2. The molecule has 3 rings (SSSR count). The van der Waals surface area contributed by atoms with Gasteiger partial charge in [-0.1, -0.05) is 29.8 Å². The maximum Gasteiger partial charge on any atom is 0.326 e. The Kier molecular flexibility index (Phi) is 3.82. The zero-order valence-electron chi connectivity index (χ0n) is 11.3. The molecule has 0 spiro atoms. The first kappa shape index (κ1) is 13.9. The molecule has 108 valence electrons. The number of para-hydroxylation sites is 1. The van der Waals surface area contributed by atoms with E-state index in [-0.39, 0.29) is 6.03 Å². The first-order valence-corrected chi connectivity index (χ1v) is 7.14. The minimum atomic E-state index is -0.513. The number of amides is 2. The van der Waals surface area contributed by atoms with Crippen molar-refractivity contribution < 1.29 is 9.90 Å². The Balaban J connectivity index is 1.82. The average molecular weight is 303 g/mol. The van der Waals surface area contributed by atoms with Crippen LogP contribution in [0.25, 0.3) is 0 Å². The highest BCUT2D eigenvalue weighted by molar-refractivity contribution is 6.30. The molecule has 1 aliphatic rings. The monoisotopic (exact) mass is 302 g/mol. The number of aliphatic hydroxyl groups excluding tert-OH is 1.